The average Bonchev–Trinajstić information content (AvgIpc) is 3.36. The predicted molar refractivity (Wildman–Crippen MR) is 129 cm³/mol. The summed E-state index contributed by atoms with van der Waals surface area (Å²) in [7, 11) is 2.92. The van der Waals surface area contributed by atoms with Crippen LogP contribution in [0.2, 0.25) is 0 Å². The Bertz CT molecular complexity index is 1650. The number of methoxy groups -OCH3 is 2. The van der Waals surface area contributed by atoms with E-state index >= 15 is 0 Å². The van der Waals surface area contributed by atoms with Gasteiger partial charge in [0.25, 0.3) is 0 Å². The molecule has 188 valence electrons. The molecule has 0 saturated carbocycles. The van der Waals surface area contributed by atoms with Crippen molar-refractivity contribution in [2.75, 3.05) is 21.0 Å². The van der Waals surface area contributed by atoms with Gasteiger partial charge in [-0.2, -0.15) is 0 Å². The summed E-state index contributed by atoms with van der Waals surface area (Å²) in [5.41, 5.74) is 1.00. The third-order valence-electron chi connectivity index (χ3n) is 6.47. The average molecular weight is 504 g/mol. The fraction of sp³-hybridized carbons (Fsp3) is 0.185. The molecule has 37 heavy (non-hydrogen) atoms. The van der Waals surface area contributed by atoms with Crippen LogP contribution in [0.25, 0.3) is 22.3 Å². The van der Waals surface area contributed by atoms with E-state index in [0.717, 1.165) is 0 Å². The van der Waals surface area contributed by atoms with Crippen LogP contribution in [0.15, 0.2) is 51.7 Å². The van der Waals surface area contributed by atoms with E-state index in [9.17, 15) is 19.8 Å². The highest BCUT2D eigenvalue weighted by molar-refractivity contribution is 5.93. The topological polar surface area (TPSA) is 134 Å². The van der Waals surface area contributed by atoms with Crippen LogP contribution in [0.3, 0.4) is 0 Å². The summed E-state index contributed by atoms with van der Waals surface area (Å²) in [6, 6.07) is 10.5. The number of ether oxygens (including phenoxy) is 5. The van der Waals surface area contributed by atoms with Crippen LogP contribution >= 0.6 is 0 Å². The molecule has 0 saturated heterocycles. The molecule has 3 heterocycles. The molecule has 0 amide bonds. The molecule has 0 bridgehead atoms. The highest BCUT2D eigenvalue weighted by Gasteiger charge is 2.35. The van der Waals surface area contributed by atoms with Gasteiger partial charge in [-0.1, -0.05) is 0 Å². The van der Waals surface area contributed by atoms with Gasteiger partial charge in [0.2, 0.25) is 12.5 Å². The molecular weight excluding hydrogens is 484 g/mol. The molecule has 0 fully saturated rings. The van der Waals surface area contributed by atoms with E-state index in [1.807, 2.05) is 0 Å². The van der Waals surface area contributed by atoms with Crippen LogP contribution in [-0.2, 0) is 4.79 Å². The number of hydrogen-bond acceptors (Lipinski definition) is 10. The largest absolute Gasteiger partial charge is 0.507 e. The molecule has 4 aromatic rings. The molecule has 2 N–H and O–H groups in total. The summed E-state index contributed by atoms with van der Waals surface area (Å²) in [6.45, 7) is 0.0299. The van der Waals surface area contributed by atoms with Gasteiger partial charge in [0, 0.05) is 29.2 Å². The SMILES string of the molecule is COc1ccc(-c2cc(=O)c3c(O)cc4c(c3o2)[C@@H](c2cc(OC)c3c(c2)OCO3)CC(=O)O4)cc1O. The van der Waals surface area contributed by atoms with Crippen molar-refractivity contribution in [3.63, 3.8) is 0 Å². The Morgan fingerprint density at radius 2 is 1.70 bits per heavy atom. The van der Waals surface area contributed by atoms with E-state index in [2.05, 4.69) is 0 Å². The smallest absolute Gasteiger partial charge is 0.312 e. The Hall–Kier alpha value is -4.86. The van der Waals surface area contributed by atoms with Gasteiger partial charge in [0.05, 0.1) is 20.6 Å². The van der Waals surface area contributed by atoms with Gasteiger partial charge in [0.15, 0.2) is 28.4 Å². The van der Waals surface area contributed by atoms with Crippen LogP contribution in [0.1, 0.15) is 23.5 Å². The summed E-state index contributed by atoms with van der Waals surface area (Å²) in [5.74, 6) is 0.125. The molecule has 1 aromatic heterocycles. The molecular formula is C27H20O10. The first-order valence-electron chi connectivity index (χ1n) is 11.3. The van der Waals surface area contributed by atoms with E-state index in [0.29, 0.717) is 33.9 Å². The molecule has 6 rings (SSSR count). The van der Waals surface area contributed by atoms with Crippen molar-refractivity contribution in [1.29, 1.82) is 0 Å². The number of rotatable bonds is 4. The van der Waals surface area contributed by atoms with Crippen LogP contribution in [0.4, 0.5) is 0 Å². The van der Waals surface area contributed by atoms with Gasteiger partial charge in [-0.15, -0.1) is 0 Å². The molecule has 0 spiro atoms. The van der Waals surface area contributed by atoms with Crippen LogP contribution in [-0.4, -0.2) is 37.2 Å². The lowest BCUT2D eigenvalue weighted by molar-refractivity contribution is -0.135. The normalized spacial score (nSPS) is 15.8. The lowest BCUT2D eigenvalue weighted by atomic mass is 9.84. The van der Waals surface area contributed by atoms with E-state index in [-0.39, 0.29) is 52.9 Å². The van der Waals surface area contributed by atoms with E-state index in [4.69, 9.17) is 28.1 Å². The Labute approximate surface area is 209 Å². The molecule has 0 unspecified atom stereocenters. The second kappa shape index (κ2) is 8.37. The standard InChI is InChI=1S/C27H20O10/c1-32-18-4-3-12(5-15(18)28)19-9-16(29)25-17(30)10-20-24(27(25)37-19)14(8-23(31)36-20)13-6-21(33-2)26-22(7-13)34-11-35-26/h3-7,9-10,14,28,30H,8,11H2,1-2H3/t14-/m1/s1. The van der Waals surface area contributed by atoms with Crippen LogP contribution in [0.5, 0.6) is 40.2 Å². The number of phenols is 2. The summed E-state index contributed by atoms with van der Waals surface area (Å²) in [5, 5.41) is 20.9. The zero-order valence-corrected chi connectivity index (χ0v) is 19.7. The fourth-order valence-electron chi connectivity index (χ4n) is 4.78. The maximum absolute atomic E-state index is 13.2. The minimum absolute atomic E-state index is 0.0299. The molecule has 10 nitrogen and oxygen atoms in total. The first kappa shape index (κ1) is 22.6. The van der Waals surface area contributed by atoms with E-state index < -0.39 is 17.3 Å². The number of carbonyl (C=O) groups excluding carboxylic acids is 1. The first-order valence-corrected chi connectivity index (χ1v) is 11.3. The highest BCUT2D eigenvalue weighted by atomic mass is 16.7. The van der Waals surface area contributed by atoms with Crippen molar-refractivity contribution in [3.8, 4) is 51.6 Å². The molecule has 1 atom stereocenters. The van der Waals surface area contributed by atoms with Gasteiger partial charge in [-0.05, 0) is 35.9 Å². The van der Waals surface area contributed by atoms with Gasteiger partial charge < -0.3 is 38.3 Å². The number of phenolic OH excluding ortho intramolecular Hbond substituents is 2. The number of benzene rings is 3. The van der Waals surface area contributed by atoms with E-state index in [1.54, 1.807) is 18.2 Å². The summed E-state index contributed by atoms with van der Waals surface area (Å²) in [6.07, 6.45) is -0.0626. The third kappa shape index (κ3) is 3.56. The predicted octanol–water partition coefficient (Wildman–Crippen LogP) is 4.06. The summed E-state index contributed by atoms with van der Waals surface area (Å²) >= 11 is 0. The van der Waals surface area contributed by atoms with Gasteiger partial charge in [-0.25, -0.2) is 0 Å². The van der Waals surface area contributed by atoms with Crippen molar-refractivity contribution >= 4 is 16.9 Å². The number of aromatic hydroxyl groups is 2. The fourth-order valence-corrected chi connectivity index (χ4v) is 4.78. The molecule has 0 radical (unpaired) electrons. The van der Waals surface area contributed by atoms with Gasteiger partial charge >= 0.3 is 5.97 Å². The Kier molecular flexibility index (Phi) is 5.11. The maximum atomic E-state index is 13.2. The monoisotopic (exact) mass is 504 g/mol. The highest BCUT2D eigenvalue weighted by Crippen LogP contribution is 2.50. The molecule has 2 aliphatic rings. The zero-order chi connectivity index (χ0) is 25.8. The lowest BCUT2D eigenvalue weighted by Crippen LogP contribution is -2.22. The Balaban J connectivity index is 1.61. The number of fused-ring (bicyclic) bond motifs is 4. The first-order chi connectivity index (χ1) is 17.9. The number of esters is 1. The summed E-state index contributed by atoms with van der Waals surface area (Å²) < 4.78 is 33.2. The third-order valence-corrected chi connectivity index (χ3v) is 6.47. The second-order valence-electron chi connectivity index (χ2n) is 8.56. The zero-order valence-electron chi connectivity index (χ0n) is 19.7. The molecule has 10 heteroatoms. The van der Waals surface area contributed by atoms with Crippen LogP contribution < -0.4 is 29.1 Å². The summed E-state index contributed by atoms with van der Waals surface area (Å²) in [4.78, 5) is 25.8. The number of hydrogen-bond donors (Lipinski definition) is 2. The Morgan fingerprint density at radius 1 is 0.892 bits per heavy atom. The second-order valence-corrected chi connectivity index (χ2v) is 8.56. The van der Waals surface area contributed by atoms with Crippen molar-refractivity contribution in [2.24, 2.45) is 0 Å². The quantitative estimate of drug-likeness (QED) is 0.310. The van der Waals surface area contributed by atoms with E-state index in [1.165, 1.54) is 38.5 Å². The van der Waals surface area contributed by atoms with Crippen molar-refractivity contribution in [1.82, 2.24) is 0 Å². The van der Waals surface area contributed by atoms with Crippen molar-refractivity contribution in [3.05, 3.63) is 63.8 Å². The minimum Gasteiger partial charge on any atom is -0.507 e. The molecule has 2 aliphatic heterocycles. The lowest BCUT2D eigenvalue weighted by Gasteiger charge is -2.26. The molecule has 0 aliphatic carbocycles. The number of carbonyl (C=O) groups is 1. The van der Waals surface area contributed by atoms with Crippen LogP contribution in [0, 0.1) is 0 Å². The minimum atomic E-state index is -0.620. The maximum Gasteiger partial charge on any atom is 0.312 e. The Morgan fingerprint density at radius 3 is 2.46 bits per heavy atom. The van der Waals surface area contributed by atoms with Crippen molar-refractivity contribution in [2.45, 2.75) is 12.3 Å². The van der Waals surface area contributed by atoms with Crippen molar-refractivity contribution < 1.29 is 43.1 Å². The van der Waals surface area contributed by atoms with Gasteiger partial charge in [-0.3, -0.25) is 9.59 Å². The van der Waals surface area contributed by atoms with Gasteiger partial charge in [0.1, 0.15) is 28.2 Å². The molecule has 3 aromatic carbocycles.